The first kappa shape index (κ1) is 13.0. The molecule has 1 heteroatoms. The summed E-state index contributed by atoms with van der Waals surface area (Å²) in [5.74, 6) is 0. The molecular weight excluding hydrogens is 230 g/mol. The molecule has 1 aromatic rings. The number of fused-ring (bicyclic) bond motifs is 2. The molecular formula is C18H27N. The summed E-state index contributed by atoms with van der Waals surface area (Å²) in [6, 6.07) is 9.49. The second kappa shape index (κ2) is 3.56. The third kappa shape index (κ3) is 1.27. The number of para-hydroxylation sites is 1. The van der Waals surface area contributed by atoms with Crippen molar-refractivity contribution in [2.45, 2.75) is 66.0 Å². The number of aryl methyl sites for hydroxylation is 1. The lowest BCUT2D eigenvalue weighted by atomic mass is 9.65. The molecule has 2 unspecified atom stereocenters. The summed E-state index contributed by atoms with van der Waals surface area (Å²) in [6.07, 6.45) is 2.68. The molecule has 0 spiro atoms. The number of hydrogen-bond donors (Lipinski definition) is 0. The maximum absolute atomic E-state index is 2.73. The minimum absolute atomic E-state index is 0.285. The summed E-state index contributed by atoms with van der Waals surface area (Å²) >= 11 is 0. The highest BCUT2D eigenvalue weighted by molar-refractivity contribution is 5.60. The summed E-state index contributed by atoms with van der Waals surface area (Å²) in [7, 11) is 0. The van der Waals surface area contributed by atoms with Crippen LogP contribution in [0.25, 0.3) is 0 Å². The maximum Gasteiger partial charge on any atom is 0.0434 e. The van der Waals surface area contributed by atoms with Crippen LogP contribution in [-0.4, -0.2) is 11.6 Å². The van der Waals surface area contributed by atoms with E-state index in [2.05, 4.69) is 70.7 Å². The van der Waals surface area contributed by atoms with E-state index in [1.54, 1.807) is 0 Å². The van der Waals surface area contributed by atoms with Gasteiger partial charge in [0.15, 0.2) is 0 Å². The van der Waals surface area contributed by atoms with Crippen molar-refractivity contribution >= 4 is 5.69 Å². The van der Waals surface area contributed by atoms with Gasteiger partial charge in [-0.1, -0.05) is 39.0 Å². The van der Waals surface area contributed by atoms with Gasteiger partial charge in [-0.05, 0) is 56.1 Å². The highest BCUT2D eigenvalue weighted by Crippen LogP contribution is 2.69. The van der Waals surface area contributed by atoms with E-state index in [4.69, 9.17) is 0 Å². The molecule has 1 aromatic carbocycles. The van der Waals surface area contributed by atoms with E-state index in [1.807, 2.05) is 0 Å². The molecule has 0 radical (unpaired) electrons. The first-order valence-electron chi connectivity index (χ1n) is 7.61. The summed E-state index contributed by atoms with van der Waals surface area (Å²) in [6.45, 7) is 14.6. The molecule has 1 aliphatic heterocycles. The van der Waals surface area contributed by atoms with Gasteiger partial charge in [-0.3, -0.25) is 0 Å². The lowest BCUT2D eigenvalue weighted by Gasteiger charge is -2.45. The van der Waals surface area contributed by atoms with Crippen LogP contribution in [0.4, 0.5) is 5.69 Å². The van der Waals surface area contributed by atoms with E-state index in [0.717, 1.165) is 0 Å². The summed E-state index contributed by atoms with van der Waals surface area (Å²) in [5, 5.41) is 0. The Hall–Kier alpha value is -0.980. The van der Waals surface area contributed by atoms with Gasteiger partial charge >= 0.3 is 0 Å². The van der Waals surface area contributed by atoms with Gasteiger partial charge < -0.3 is 4.90 Å². The van der Waals surface area contributed by atoms with Gasteiger partial charge in [0.25, 0.3) is 0 Å². The summed E-state index contributed by atoms with van der Waals surface area (Å²) < 4.78 is 0. The van der Waals surface area contributed by atoms with E-state index in [9.17, 15) is 0 Å². The fraction of sp³-hybridized carbons (Fsp3) is 0.667. The van der Waals surface area contributed by atoms with Crippen molar-refractivity contribution in [2.24, 2.45) is 10.8 Å². The van der Waals surface area contributed by atoms with Crippen molar-refractivity contribution in [1.82, 2.24) is 0 Å². The lowest BCUT2D eigenvalue weighted by Crippen LogP contribution is -2.50. The molecule has 1 heterocycles. The van der Waals surface area contributed by atoms with Crippen molar-refractivity contribution in [3.63, 3.8) is 0 Å². The van der Waals surface area contributed by atoms with Gasteiger partial charge in [0.05, 0.1) is 0 Å². The zero-order chi connectivity index (χ0) is 14.1. The minimum atomic E-state index is 0.285. The Bertz CT molecular complexity index is 515. The van der Waals surface area contributed by atoms with Crippen LogP contribution in [0.2, 0.25) is 0 Å². The van der Waals surface area contributed by atoms with E-state index in [-0.39, 0.29) is 5.54 Å². The second-order valence-electron chi connectivity index (χ2n) is 7.65. The Kier molecular flexibility index (Phi) is 2.44. The van der Waals surface area contributed by atoms with Crippen molar-refractivity contribution in [2.75, 3.05) is 4.90 Å². The average Bonchev–Trinajstić information content (AvgIpc) is 2.59. The van der Waals surface area contributed by atoms with Gasteiger partial charge in [0, 0.05) is 17.3 Å². The highest BCUT2D eigenvalue weighted by atomic mass is 15.3. The predicted octanol–water partition coefficient (Wildman–Crippen LogP) is 4.79. The zero-order valence-corrected chi connectivity index (χ0v) is 13.2. The maximum atomic E-state index is 2.73. The van der Waals surface area contributed by atoms with Crippen molar-refractivity contribution in [3.8, 4) is 0 Å². The monoisotopic (exact) mass is 257 g/mol. The quantitative estimate of drug-likeness (QED) is 0.699. The Morgan fingerprint density at radius 1 is 1.05 bits per heavy atom. The van der Waals surface area contributed by atoms with Crippen LogP contribution in [0.1, 0.15) is 53.0 Å². The highest BCUT2D eigenvalue weighted by Gasteiger charge is 2.70. The Balaban J connectivity index is 2.18. The van der Waals surface area contributed by atoms with Crippen molar-refractivity contribution < 1.29 is 0 Å². The molecule has 3 rings (SSSR count). The Labute approximate surface area is 118 Å². The van der Waals surface area contributed by atoms with E-state index in [0.29, 0.717) is 16.9 Å². The molecule has 2 bridgehead atoms. The fourth-order valence-electron chi connectivity index (χ4n) is 4.92. The summed E-state index contributed by atoms with van der Waals surface area (Å²) in [4.78, 5) is 2.73. The third-order valence-electron chi connectivity index (χ3n) is 7.12. The molecule has 1 nitrogen and oxygen atoms in total. The van der Waals surface area contributed by atoms with E-state index >= 15 is 0 Å². The number of piperidine rings is 1. The molecule has 2 aliphatic rings. The number of rotatable bonds is 1. The SMILES string of the molecule is Cc1ccccc1N1[C@@H](C)C2(C)CCC1(C)C2(C)C. The minimum Gasteiger partial charge on any atom is -0.362 e. The van der Waals surface area contributed by atoms with Gasteiger partial charge in [-0.2, -0.15) is 0 Å². The van der Waals surface area contributed by atoms with Gasteiger partial charge in [-0.15, -0.1) is 0 Å². The lowest BCUT2D eigenvalue weighted by molar-refractivity contribution is 0.132. The molecule has 0 aromatic heterocycles. The van der Waals surface area contributed by atoms with E-state index < -0.39 is 0 Å². The molecule has 3 atom stereocenters. The number of anilines is 1. The molecule has 104 valence electrons. The molecule has 0 amide bonds. The van der Waals surface area contributed by atoms with Gasteiger partial charge in [0.1, 0.15) is 0 Å². The van der Waals surface area contributed by atoms with Crippen LogP contribution in [-0.2, 0) is 0 Å². The van der Waals surface area contributed by atoms with Crippen LogP contribution < -0.4 is 4.90 Å². The first-order valence-corrected chi connectivity index (χ1v) is 7.61. The van der Waals surface area contributed by atoms with E-state index in [1.165, 1.54) is 24.1 Å². The molecule has 0 N–H and O–H groups in total. The smallest absolute Gasteiger partial charge is 0.0434 e. The van der Waals surface area contributed by atoms with Crippen molar-refractivity contribution in [1.29, 1.82) is 0 Å². The topological polar surface area (TPSA) is 3.24 Å². The normalized spacial score (nSPS) is 39.9. The second-order valence-corrected chi connectivity index (χ2v) is 7.65. The Morgan fingerprint density at radius 3 is 2.21 bits per heavy atom. The van der Waals surface area contributed by atoms with Gasteiger partial charge in [-0.25, -0.2) is 0 Å². The number of nitrogens with zero attached hydrogens (tertiary/aromatic N) is 1. The third-order valence-corrected chi connectivity index (χ3v) is 7.12. The zero-order valence-electron chi connectivity index (χ0n) is 13.2. The molecule has 1 aliphatic carbocycles. The largest absolute Gasteiger partial charge is 0.362 e. The number of hydrogen-bond acceptors (Lipinski definition) is 1. The average molecular weight is 257 g/mol. The predicted molar refractivity (Wildman–Crippen MR) is 82.6 cm³/mol. The molecule has 19 heavy (non-hydrogen) atoms. The molecule has 2 fully saturated rings. The first-order chi connectivity index (χ1) is 8.76. The fourth-order valence-corrected chi connectivity index (χ4v) is 4.92. The van der Waals surface area contributed by atoms with Crippen LogP contribution in [0.15, 0.2) is 24.3 Å². The van der Waals surface area contributed by atoms with Gasteiger partial charge in [0.2, 0.25) is 0 Å². The summed E-state index contributed by atoms with van der Waals surface area (Å²) in [5.41, 5.74) is 3.91. The van der Waals surface area contributed by atoms with Crippen molar-refractivity contribution in [3.05, 3.63) is 29.8 Å². The molecule has 1 saturated heterocycles. The van der Waals surface area contributed by atoms with Crippen LogP contribution >= 0.6 is 0 Å². The molecule has 1 saturated carbocycles. The Morgan fingerprint density at radius 2 is 1.68 bits per heavy atom. The van der Waals surface area contributed by atoms with Crippen LogP contribution in [0, 0.1) is 17.8 Å². The standard InChI is InChI=1S/C18H27N/c1-13-9-7-8-10-15(13)19-14(2)17(5)11-12-18(19,6)16(17,3)4/h7-10,14H,11-12H2,1-6H3/t14-,17?,18?/m0/s1. The number of benzene rings is 1. The van der Waals surface area contributed by atoms with Crippen LogP contribution in [0.3, 0.4) is 0 Å². The van der Waals surface area contributed by atoms with Crippen LogP contribution in [0.5, 0.6) is 0 Å².